The fourth-order valence-corrected chi connectivity index (χ4v) is 5.15. The van der Waals surface area contributed by atoms with E-state index in [1.807, 2.05) is 30.3 Å². The number of para-hydroxylation sites is 1. The van der Waals surface area contributed by atoms with Gasteiger partial charge in [-0.25, -0.2) is 0 Å². The lowest BCUT2D eigenvalue weighted by Crippen LogP contribution is -2.33. The number of hydrogen-bond donors (Lipinski definition) is 3. The van der Waals surface area contributed by atoms with Crippen molar-refractivity contribution in [3.8, 4) is 0 Å². The van der Waals surface area contributed by atoms with E-state index < -0.39 is 5.25 Å². The second-order valence-corrected chi connectivity index (χ2v) is 9.79. The number of likely N-dealkylation sites (tertiary alicyclic amines) is 1. The Hall–Kier alpha value is -3.33. The van der Waals surface area contributed by atoms with Crippen LogP contribution in [-0.4, -0.2) is 59.2 Å². The van der Waals surface area contributed by atoms with Crippen molar-refractivity contribution in [2.45, 2.75) is 37.4 Å². The van der Waals surface area contributed by atoms with E-state index in [1.54, 1.807) is 24.3 Å². The van der Waals surface area contributed by atoms with Crippen LogP contribution in [0.4, 0.5) is 11.4 Å². The molecule has 0 saturated carbocycles. The number of amides is 3. The van der Waals surface area contributed by atoms with E-state index in [9.17, 15) is 14.4 Å². The fraction of sp³-hybridized carbons (Fsp3) is 0.385. The van der Waals surface area contributed by atoms with Crippen molar-refractivity contribution in [3.05, 3.63) is 60.2 Å². The van der Waals surface area contributed by atoms with Gasteiger partial charge >= 0.3 is 0 Å². The zero-order chi connectivity index (χ0) is 24.5. The summed E-state index contributed by atoms with van der Waals surface area (Å²) < 4.78 is 0. The van der Waals surface area contributed by atoms with Gasteiger partial charge in [0, 0.05) is 49.5 Å². The van der Waals surface area contributed by atoms with Crippen molar-refractivity contribution in [2.24, 2.45) is 4.99 Å². The van der Waals surface area contributed by atoms with Gasteiger partial charge in [0.25, 0.3) is 11.8 Å². The summed E-state index contributed by atoms with van der Waals surface area (Å²) in [6.07, 6.45) is 4.25. The second kappa shape index (κ2) is 12.4. The van der Waals surface area contributed by atoms with Crippen LogP contribution in [0.15, 0.2) is 59.6 Å². The van der Waals surface area contributed by atoms with Gasteiger partial charge in [-0.3, -0.25) is 14.4 Å². The molecule has 3 amide bonds. The molecule has 0 aliphatic carbocycles. The minimum atomic E-state index is -0.497. The Balaban J connectivity index is 1.20. The van der Waals surface area contributed by atoms with Crippen LogP contribution in [0.3, 0.4) is 0 Å². The molecule has 1 saturated heterocycles. The van der Waals surface area contributed by atoms with Crippen molar-refractivity contribution in [1.82, 2.24) is 10.2 Å². The normalized spacial score (nSPS) is 17.6. The largest absolute Gasteiger partial charge is 0.385 e. The Bertz CT molecular complexity index is 1070. The third-order valence-corrected chi connectivity index (χ3v) is 7.09. The summed E-state index contributed by atoms with van der Waals surface area (Å²) in [5, 5.41) is 9.27. The van der Waals surface area contributed by atoms with Crippen molar-refractivity contribution in [2.75, 3.05) is 36.8 Å². The van der Waals surface area contributed by atoms with Crippen LogP contribution in [0.25, 0.3) is 0 Å². The third kappa shape index (κ3) is 7.32. The van der Waals surface area contributed by atoms with Gasteiger partial charge in [-0.2, -0.15) is 4.99 Å². The molecule has 9 heteroatoms. The quantitative estimate of drug-likeness (QED) is 0.460. The monoisotopic (exact) mass is 493 g/mol. The highest BCUT2D eigenvalue weighted by molar-refractivity contribution is 8.15. The van der Waals surface area contributed by atoms with Gasteiger partial charge in [-0.1, -0.05) is 36.0 Å². The molecule has 4 rings (SSSR count). The van der Waals surface area contributed by atoms with Gasteiger partial charge < -0.3 is 20.9 Å². The number of nitrogens with zero attached hydrogens (tertiary/aromatic N) is 2. The number of benzene rings is 2. The lowest BCUT2D eigenvalue weighted by Gasteiger charge is -2.27. The van der Waals surface area contributed by atoms with Crippen LogP contribution in [0.1, 0.15) is 42.5 Å². The number of carbonyl (C=O) groups excluding carboxylic acids is 3. The standard InChI is InChI=1S/C26H31N5O3S/c32-23(18-22-25(34)30-26(35-22)31-15-5-2-6-16-31)29-21-12-7-9-19(17-21)24(33)28-14-8-13-27-20-10-3-1-4-11-20/h1,3-4,7,9-12,17,22,27H,2,5-6,8,13-16,18H2,(H,28,33)(H,29,32). The van der Waals surface area contributed by atoms with E-state index in [1.165, 1.54) is 18.2 Å². The minimum Gasteiger partial charge on any atom is -0.385 e. The lowest BCUT2D eigenvalue weighted by molar-refractivity contribution is -0.121. The van der Waals surface area contributed by atoms with Crippen molar-refractivity contribution in [1.29, 1.82) is 0 Å². The molecule has 0 radical (unpaired) electrons. The smallest absolute Gasteiger partial charge is 0.262 e. The summed E-state index contributed by atoms with van der Waals surface area (Å²) in [4.78, 5) is 43.7. The molecular weight excluding hydrogens is 462 g/mol. The number of hydrogen-bond acceptors (Lipinski definition) is 6. The maximum absolute atomic E-state index is 12.6. The molecule has 1 unspecified atom stereocenters. The summed E-state index contributed by atoms with van der Waals surface area (Å²) in [6, 6.07) is 16.7. The van der Waals surface area contributed by atoms with Gasteiger partial charge in [-0.15, -0.1) is 0 Å². The number of amidine groups is 1. The first-order valence-corrected chi connectivity index (χ1v) is 13.0. The van der Waals surface area contributed by atoms with E-state index >= 15 is 0 Å². The predicted octanol–water partition coefficient (Wildman–Crippen LogP) is 3.73. The lowest BCUT2D eigenvalue weighted by atomic mass is 10.1. The average molecular weight is 494 g/mol. The summed E-state index contributed by atoms with van der Waals surface area (Å²) in [5.74, 6) is -0.710. The molecule has 3 N–H and O–H groups in total. The zero-order valence-corrected chi connectivity index (χ0v) is 20.5. The number of nitrogens with one attached hydrogen (secondary N) is 3. The molecule has 184 valence electrons. The van der Waals surface area contributed by atoms with Crippen LogP contribution in [0.5, 0.6) is 0 Å². The molecule has 2 aromatic rings. The molecule has 2 heterocycles. The van der Waals surface area contributed by atoms with Crippen molar-refractivity contribution < 1.29 is 14.4 Å². The molecule has 35 heavy (non-hydrogen) atoms. The molecule has 0 bridgehead atoms. The zero-order valence-electron chi connectivity index (χ0n) is 19.7. The second-order valence-electron chi connectivity index (χ2n) is 8.62. The first-order chi connectivity index (χ1) is 17.1. The predicted molar refractivity (Wildman–Crippen MR) is 141 cm³/mol. The molecule has 2 aromatic carbocycles. The number of thioether (sulfide) groups is 1. The first-order valence-electron chi connectivity index (χ1n) is 12.1. The summed E-state index contributed by atoms with van der Waals surface area (Å²) in [7, 11) is 0. The first kappa shape index (κ1) is 24.8. The van der Waals surface area contributed by atoms with Crippen molar-refractivity contribution in [3.63, 3.8) is 0 Å². The van der Waals surface area contributed by atoms with Crippen LogP contribution in [0, 0.1) is 0 Å². The van der Waals surface area contributed by atoms with Crippen LogP contribution in [0.2, 0.25) is 0 Å². The van der Waals surface area contributed by atoms with E-state index in [4.69, 9.17) is 0 Å². The van der Waals surface area contributed by atoms with Gasteiger partial charge in [-0.05, 0) is 56.0 Å². The molecule has 0 aromatic heterocycles. The topological polar surface area (TPSA) is 103 Å². The number of anilines is 2. The van der Waals surface area contributed by atoms with Crippen LogP contribution < -0.4 is 16.0 Å². The maximum atomic E-state index is 12.6. The minimum absolute atomic E-state index is 0.0508. The van der Waals surface area contributed by atoms with Gasteiger partial charge in [0.15, 0.2) is 5.17 Å². The van der Waals surface area contributed by atoms with Gasteiger partial charge in [0.1, 0.15) is 5.25 Å². The fourth-order valence-electron chi connectivity index (χ4n) is 4.03. The molecule has 2 aliphatic heterocycles. The number of piperidine rings is 1. The van der Waals surface area contributed by atoms with Crippen molar-refractivity contribution >= 4 is 46.0 Å². The Labute approximate surface area is 209 Å². The Morgan fingerprint density at radius 1 is 0.971 bits per heavy atom. The summed E-state index contributed by atoms with van der Waals surface area (Å²) in [5.41, 5.74) is 2.05. The number of aliphatic imine (C=N–C) groups is 1. The van der Waals surface area contributed by atoms with E-state index in [-0.39, 0.29) is 24.1 Å². The SMILES string of the molecule is O=C(CC1SC(N2CCCCC2)=NC1=O)Nc1cccc(C(=O)NCCCNc2ccccc2)c1. The molecule has 1 fully saturated rings. The third-order valence-electron chi connectivity index (χ3n) is 5.88. The molecule has 8 nitrogen and oxygen atoms in total. The summed E-state index contributed by atoms with van der Waals surface area (Å²) in [6.45, 7) is 3.12. The molecule has 0 spiro atoms. The maximum Gasteiger partial charge on any atom is 0.262 e. The Kier molecular flexibility index (Phi) is 8.78. The van der Waals surface area contributed by atoms with E-state index in [0.717, 1.165) is 49.8 Å². The molecule has 2 aliphatic rings. The van der Waals surface area contributed by atoms with Crippen LogP contribution >= 0.6 is 11.8 Å². The Morgan fingerprint density at radius 2 is 1.74 bits per heavy atom. The highest BCUT2D eigenvalue weighted by Gasteiger charge is 2.33. The highest BCUT2D eigenvalue weighted by atomic mass is 32.2. The van der Waals surface area contributed by atoms with E-state index in [2.05, 4.69) is 25.8 Å². The average Bonchev–Trinajstić information content (AvgIpc) is 3.24. The highest BCUT2D eigenvalue weighted by Crippen LogP contribution is 2.29. The number of carbonyl (C=O) groups is 3. The molecule has 1 atom stereocenters. The number of rotatable bonds is 9. The van der Waals surface area contributed by atoms with Gasteiger partial charge in [0.2, 0.25) is 5.91 Å². The Morgan fingerprint density at radius 3 is 2.54 bits per heavy atom. The molecular formula is C26H31N5O3S. The van der Waals surface area contributed by atoms with E-state index in [0.29, 0.717) is 17.8 Å². The van der Waals surface area contributed by atoms with Gasteiger partial charge in [0.05, 0.1) is 0 Å². The summed E-state index contributed by atoms with van der Waals surface area (Å²) >= 11 is 1.38. The van der Waals surface area contributed by atoms with Crippen LogP contribution in [-0.2, 0) is 9.59 Å².